The summed E-state index contributed by atoms with van der Waals surface area (Å²) in [6.45, 7) is 2.22. The van der Waals surface area contributed by atoms with Gasteiger partial charge in [0.2, 0.25) is 0 Å². The molecule has 22 heavy (non-hydrogen) atoms. The topological polar surface area (TPSA) is 47.6 Å². The van der Waals surface area contributed by atoms with Crippen LogP contribution < -0.4 is 14.8 Å². The molecule has 4 heteroatoms. The van der Waals surface area contributed by atoms with Crippen LogP contribution in [0.15, 0.2) is 48.0 Å². The fourth-order valence-corrected chi connectivity index (χ4v) is 2.30. The Kier molecular flexibility index (Phi) is 3.83. The van der Waals surface area contributed by atoms with Crippen molar-refractivity contribution in [2.45, 2.75) is 6.92 Å². The minimum absolute atomic E-state index is 0.139. The zero-order valence-corrected chi connectivity index (χ0v) is 12.6. The van der Waals surface area contributed by atoms with E-state index in [1.165, 1.54) is 0 Å². The van der Waals surface area contributed by atoms with E-state index >= 15 is 0 Å². The molecule has 1 N–H and O–H groups in total. The predicted molar refractivity (Wildman–Crippen MR) is 86.3 cm³/mol. The summed E-state index contributed by atoms with van der Waals surface area (Å²) >= 11 is 0. The zero-order valence-electron chi connectivity index (χ0n) is 12.6. The molecule has 2 aromatic rings. The Bertz CT molecular complexity index is 732. The molecule has 1 heterocycles. The standard InChI is InChI=1S/C18H17NO3/c1-12-3-8-17-16(9-12)19-18(20)14(11-22-17)10-13-4-6-15(21-2)7-5-13/h3-10H,11H2,1-2H3,(H,19,20)/b14-10+. The van der Waals surface area contributed by atoms with Crippen LogP contribution in [-0.2, 0) is 4.79 Å². The molecule has 0 radical (unpaired) electrons. The number of ether oxygens (including phenoxy) is 2. The number of hydrogen-bond acceptors (Lipinski definition) is 3. The highest BCUT2D eigenvalue weighted by atomic mass is 16.5. The molecule has 1 amide bonds. The van der Waals surface area contributed by atoms with Crippen molar-refractivity contribution in [2.75, 3.05) is 19.0 Å². The van der Waals surface area contributed by atoms with E-state index in [1.54, 1.807) is 7.11 Å². The normalized spacial score (nSPS) is 15.5. The lowest BCUT2D eigenvalue weighted by atomic mass is 10.1. The van der Waals surface area contributed by atoms with Crippen LogP contribution in [0.3, 0.4) is 0 Å². The van der Waals surface area contributed by atoms with Crippen LogP contribution in [0.4, 0.5) is 5.69 Å². The molecule has 4 nitrogen and oxygen atoms in total. The molecule has 1 aliphatic rings. The quantitative estimate of drug-likeness (QED) is 0.864. The number of methoxy groups -OCH3 is 1. The van der Waals surface area contributed by atoms with Crippen molar-refractivity contribution in [3.63, 3.8) is 0 Å². The van der Waals surface area contributed by atoms with Crippen LogP contribution in [-0.4, -0.2) is 19.6 Å². The van der Waals surface area contributed by atoms with Gasteiger partial charge in [-0.1, -0.05) is 18.2 Å². The van der Waals surface area contributed by atoms with Crippen molar-refractivity contribution >= 4 is 17.7 Å². The monoisotopic (exact) mass is 295 g/mol. The van der Waals surface area contributed by atoms with E-state index in [9.17, 15) is 4.79 Å². The number of carbonyl (C=O) groups excluding carboxylic acids is 1. The van der Waals surface area contributed by atoms with Gasteiger partial charge in [0.25, 0.3) is 5.91 Å². The van der Waals surface area contributed by atoms with Crippen LogP contribution in [0.1, 0.15) is 11.1 Å². The van der Waals surface area contributed by atoms with E-state index < -0.39 is 0 Å². The Morgan fingerprint density at radius 2 is 1.95 bits per heavy atom. The number of nitrogens with one attached hydrogen (secondary N) is 1. The number of carbonyl (C=O) groups is 1. The van der Waals surface area contributed by atoms with Gasteiger partial charge in [0.1, 0.15) is 18.1 Å². The van der Waals surface area contributed by atoms with Gasteiger partial charge in [-0.2, -0.15) is 0 Å². The van der Waals surface area contributed by atoms with E-state index in [0.717, 1.165) is 16.9 Å². The van der Waals surface area contributed by atoms with E-state index in [1.807, 2.05) is 55.5 Å². The minimum Gasteiger partial charge on any atom is -0.497 e. The summed E-state index contributed by atoms with van der Waals surface area (Å²) in [7, 11) is 1.62. The molecule has 0 aromatic heterocycles. The average Bonchev–Trinajstić information content (AvgIpc) is 2.67. The Balaban J connectivity index is 1.86. The van der Waals surface area contributed by atoms with Crippen molar-refractivity contribution in [3.05, 3.63) is 59.2 Å². The molecule has 0 atom stereocenters. The Morgan fingerprint density at radius 3 is 2.68 bits per heavy atom. The molecule has 2 aromatic carbocycles. The SMILES string of the molecule is COc1ccc(/C=C2\COc3ccc(C)cc3NC2=O)cc1. The molecule has 0 fully saturated rings. The second-order valence-electron chi connectivity index (χ2n) is 5.19. The maximum atomic E-state index is 12.3. The largest absolute Gasteiger partial charge is 0.497 e. The van der Waals surface area contributed by atoms with Gasteiger partial charge in [0, 0.05) is 0 Å². The molecule has 0 aliphatic carbocycles. The van der Waals surface area contributed by atoms with Crippen LogP contribution >= 0.6 is 0 Å². The third-order valence-electron chi connectivity index (χ3n) is 3.51. The number of rotatable bonds is 2. The fraction of sp³-hybridized carbons (Fsp3) is 0.167. The summed E-state index contributed by atoms with van der Waals surface area (Å²) in [6.07, 6.45) is 1.83. The predicted octanol–water partition coefficient (Wildman–Crippen LogP) is 3.42. The minimum atomic E-state index is -0.139. The summed E-state index contributed by atoms with van der Waals surface area (Å²) < 4.78 is 10.9. The van der Waals surface area contributed by atoms with Gasteiger partial charge in [-0.05, 0) is 48.4 Å². The second kappa shape index (κ2) is 5.93. The van der Waals surface area contributed by atoms with Crippen molar-refractivity contribution in [2.24, 2.45) is 0 Å². The number of amides is 1. The Labute approximate surface area is 129 Å². The number of aryl methyl sites for hydroxylation is 1. The molecule has 0 saturated heterocycles. The van der Waals surface area contributed by atoms with Crippen molar-refractivity contribution < 1.29 is 14.3 Å². The average molecular weight is 295 g/mol. The van der Waals surface area contributed by atoms with Gasteiger partial charge < -0.3 is 14.8 Å². The summed E-state index contributed by atoms with van der Waals surface area (Å²) in [5.41, 5.74) is 3.30. The highest BCUT2D eigenvalue weighted by Crippen LogP contribution is 2.29. The van der Waals surface area contributed by atoms with Gasteiger partial charge in [0.05, 0.1) is 18.4 Å². The molecule has 0 unspecified atom stereocenters. The van der Waals surface area contributed by atoms with E-state index in [2.05, 4.69) is 5.32 Å². The molecule has 112 valence electrons. The smallest absolute Gasteiger partial charge is 0.255 e. The zero-order chi connectivity index (χ0) is 15.5. The van der Waals surface area contributed by atoms with E-state index in [4.69, 9.17) is 9.47 Å². The maximum Gasteiger partial charge on any atom is 0.255 e. The molecule has 0 bridgehead atoms. The number of hydrogen-bond donors (Lipinski definition) is 1. The number of fused-ring (bicyclic) bond motifs is 1. The van der Waals surface area contributed by atoms with Crippen LogP contribution in [0.25, 0.3) is 6.08 Å². The van der Waals surface area contributed by atoms with E-state index in [0.29, 0.717) is 17.0 Å². The van der Waals surface area contributed by atoms with Crippen molar-refractivity contribution in [1.29, 1.82) is 0 Å². The lowest BCUT2D eigenvalue weighted by molar-refractivity contribution is -0.112. The maximum absolute atomic E-state index is 12.3. The molecule has 1 aliphatic heterocycles. The van der Waals surface area contributed by atoms with Crippen molar-refractivity contribution in [1.82, 2.24) is 0 Å². The fourth-order valence-electron chi connectivity index (χ4n) is 2.30. The van der Waals surface area contributed by atoms with Crippen molar-refractivity contribution in [3.8, 4) is 11.5 Å². The van der Waals surface area contributed by atoms with Crippen LogP contribution in [0, 0.1) is 6.92 Å². The lowest BCUT2D eigenvalue weighted by Gasteiger charge is -2.06. The molecular weight excluding hydrogens is 278 g/mol. The third kappa shape index (κ3) is 2.96. The van der Waals surface area contributed by atoms with E-state index in [-0.39, 0.29) is 12.5 Å². The number of anilines is 1. The van der Waals surface area contributed by atoms with Crippen LogP contribution in [0.2, 0.25) is 0 Å². The second-order valence-corrected chi connectivity index (χ2v) is 5.19. The molecule has 0 saturated carbocycles. The first-order chi connectivity index (χ1) is 10.7. The van der Waals surface area contributed by atoms with Gasteiger partial charge in [-0.25, -0.2) is 0 Å². The molecule has 0 spiro atoms. The first kappa shape index (κ1) is 14.2. The molecular formula is C18H17NO3. The molecule has 3 rings (SSSR count). The summed E-state index contributed by atoms with van der Waals surface area (Å²) in [5, 5.41) is 2.90. The highest BCUT2D eigenvalue weighted by Gasteiger charge is 2.18. The van der Waals surface area contributed by atoms with Gasteiger partial charge in [-0.15, -0.1) is 0 Å². The van der Waals surface area contributed by atoms with Crippen LogP contribution in [0.5, 0.6) is 11.5 Å². The van der Waals surface area contributed by atoms with Gasteiger partial charge >= 0.3 is 0 Å². The lowest BCUT2D eigenvalue weighted by Crippen LogP contribution is -2.15. The first-order valence-electron chi connectivity index (χ1n) is 7.05. The number of benzene rings is 2. The van der Waals surface area contributed by atoms with Gasteiger partial charge in [-0.3, -0.25) is 4.79 Å². The summed E-state index contributed by atoms with van der Waals surface area (Å²) in [6, 6.07) is 13.3. The Morgan fingerprint density at radius 1 is 1.18 bits per heavy atom. The first-order valence-corrected chi connectivity index (χ1v) is 7.05. The van der Waals surface area contributed by atoms with Gasteiger partial charge in [0.15, 0.2) is 0 Å². The Hall–Kier alpha value is -2.75. The third-order valence-corrected chi connectivity index (χ3v) is 3.51. The summed E-state index contributed by atoms with van der Waals surface area (Å²) in [4.78, 5) is 12.3. The highest BCUT2D eigenvalue weighted by molar-refractivity contribution is 6.08. The summed E-state index contributed by atoms with van der Waals surface area (Å²) in [5.74, 6) is 1.34.